The fourth-order valence-corrected chi connectivity index (χ4v) is 3.17. The number of carbonyl (C=O) groups is 2. The summed E-state index contributed by atoms with van der Waals surface area (Å²) in [6.07, 6.45) is -0.119. The minimum absolute atomic E-state index is 0.139. The number of methoxy groups -OCH3 is 1. The third kappa shape index (κ3) is 5.38. The highest BCUT2D eigenvalue weighted by Crippen LogP contribution is 2.12. The lowest BCUT2D eigenvalue weighted by atomic mass is 10.0. The molecular weight excluding hydrogens is 316 g/mol. The van der Waals surface area contributed by atoms with Crippen molar-refractivity contribution in [1.29, 1.82) is 0 Å². The van der Waals surface area contributed by atoms with Gasteiger partial charge in [0.1, 0.15) is 0 Å². The van der Waals surface area contributed by atoms with Crippen molar-refractivity contribution in [1.82, 2.24) is 15.1 Å². The van der Waals surface area contributed by atoms with Crippen molar-refractivity contribution < 1.29 is 24.5 Å². The Balaban J connectivity index is 1.73. The molecule has 2 heterocycles. The van der Waals surface area contributed by atoms with E-state index in [0.29, 0.717) is 39.0 Å². The van der Waals surface area contributed by atoms with E-state index in [4.69, 9.17) is 5.73 Å². The van der Waals surface area contributed by atoms with Crippen molar-refractivity contribution in [2.24, 2.45) is 5.73 Å². The Hall–Kier alpha value is -1.26. The molecule has 0 bridgehead atoms. The molecule has 0 aliphatic carbocycles. The number of aliphatic hydroxyl groups is 2. The van der Waals surface area contributed by atoms with Crippen molar-refractivity contribution >= 4 is 11.9 Å². The van der Waals surface area contributed by atoms with Gasteiger partial charge in [-0.3, -0.25) is 19.4 Å². The standard InChI is InChI=1S/C15H28N4O5/c1-24-15(23)9-19-5-3-11(13(21)7-19)17-14(22)8-18-4-2-10(16)12(20)6-18/h10-13,20-21H,2-9,16H2,1H3,(H,17,22). The first-order valence-corrected chi connectivity index (χ1v) is 8.31. The van der Waals surface area contributed by atoms with Gasteiger partial charge in [0.25, 0.3) is 0 Å². The van der Waals surface area contributed by atoms with Crippen LogP contribution in [0.25, 0.3) is 0 Å². The Morgan fingerprint density at radius 2 is 1.75 bits per heavy atom. The van der Waals surface area contributed by atoms with Crippen molar-refractivity contribution in [3.63, 3.8) is 0 Å². The van der Waals surface area contributed by atoms with E-state index < -0.39 is 12.2 Å². The summed E-state index contributed by atoms with van der Waals surface area (Å²) in [6.45, 7) is 2.30. The number of carbonyl (C=O) groups excluding carboxylic acids is 2. The molecule has 0 aromatic rings. The van der Waals surface area contributed by atoms with Crippen LogP contribution in [0.2, 0.25) is 0 Å². The first-order chi connectivity index (χ1) is 11.4. The van der Waals surface area contributed by atoms with Gasteiger partial charge in [-0.05, 0) is 12.8 Å². The second-order valence-electron chi connectivity index (χ2n) is 6.60. The first-order valence-electron chi connectivity index (χ1n) is 8.31. The molecule has 2 aliphatic rings. The third-order valence-electron chi connectivity index (χ3n) is 4.68. The Morgan fingerprint density at radius 3 is 2.38 bits per heavy atom. The minimum Gasteiger partial charge on any atom is -0.468 e. The summed E-state index contributed by atoms with van der Waals surface area (Å²) in [6, 6.07) is -0.561. The fraction of sp³-hybridized carbons (Fsp3) is 0.867. The zero-order valence-electron chi connectivity index (χ0n) is 14.1. The molecule has 24 heavy (non-hydrogen) atoms. The summed E-state index contributed by atoms with van der Waals surface area (Å²) in [5, 5.41) is 22.8. The summed E-state index contributed by atoms with van der Waals surface area (Å²) >= 11 is 0. The Labute approximate surface area is 141 Å². The highest BCUT2D eigenvalue weighted by atomic mass is 16.5. The fourth-order valence-electron chi connectivity index (χ4n) is 3.17. The van der Waals surface area contributed by atoms with E-state index in [1.54, 1.807) is 0 Å². The lowest BCUT2D eigenvalue weighted by molar-refractivity contribution is -0.143. The number of nitrogens with two attached hydrogens (primary N) is 1. The molecule has 0 aromatic carbocycles. The van der Waals surface area contributed by atoms with Gasteiger partial charge in [0.05, 0.1) is 38.4 Å². The number of rotatable bonds is 5. The molecule has 9 nitrogen and oxygen atoms in total. The van der Waals surface area contributed by atoms with Crippen molar-refractivity contribution in [2.75, 3.05) is 46.4 Å². The Bertz CT molecular complexity index is 450. The Kier molecular flexibility index (Phi) is 6.93. The van der Waals surface area contributed by atoms with E-state index in [1.165, 1.54) is 7.11 Å². The predicted octanol–water partition coefficient (Wildman–Crippen LogP) is -2.90. The van der Waals surface area contributed by atoms with Crippen LogP contribution in [0.15, 0.2) is 0 Å². The zero-order valence-corrected chi connectivity index (χ0v) is 14.1. The van der Waals surface area contributed by atoms with Crippen LogP contribution in [0.4, 0.5) is 0 Å². The van der Waals surface area contributed by atoms with Crippen LogP contribution in [0.3, 0.4) is 0 Å². The van der Waals surface area contributed by atoms with E-state index in [1.807, 2.05) is 9.80 Å². The number of ether oxygens (including phenoxy) is 1. The highest BCUT2D eigenvalue weighted by molar-refractivity contribution is 5.78. The quantitative estimate of drug-likeness (QED) is 0.391. The highest BCUT2D eigenvalue weighted by Gasteiger charge is 2.31. The SMILES string of the molecule is COC(=O)CN1CCC(NC(=O)CN2CCC(N)C(O)C2)C(O)C1. The number of piperidine rings is 2. The third-order valence-corrected chi connectivity index (χ3v) is 4.68. The average molecular weight is 344 g/mol. The molecule has 4 unspecified atom stereocenters. The summed E-state index contributed by atoms with van der Waals surface area (Å²) in [4.78, 5) is 27.1. The van der Waals surface area contributed by atoms with Crippen molar-refractivity contribution in [3.05, 3.63) is 0 Å². The van der Waals surface area contributed by atoms with Crippen molar-refractivity contribution in [3.8, 4) is 0 Å². The van der Waals surface area contributed by atoms with Crippen LogP contribution < -0.4 is 11.1 Å². The number of esters is 1. The molecule has 138 valence electrons. The van der Waals surface area contributed by atoms with Crippen LogP contribution in [-0.2, 0) is 14.3 Å². The van der Waals surface area contributed by atoms with Crippen LogP contribution in [0.1, 0.15) is 12.8 Å². The maximum atomic E-state index is 12.2. The summed E-state index contributed by atoms with van der Waals surface area (Å²) in [5.74, 6) is -0.519. The van der Waals surface area contributed by atoms with E-state index in [2.05, 4.69) is 10.1 Å². The molecule has 9 heteroatoms. The number of nitrogens with one attached hydrogen (secondary N) is 1. The summed E-state index contributed by atoms with van der Waals surface area (Å²) in [7, 11) is 1.33. The summed E-state index contributed by atoms with van der Waals surface area (Å²) in [5.41, 5.74) is 5.75. The molecule has 1 amide bonds. The molecular formula is C15H28N4O5. The number of amides is 1. The number of β-amino-alcohol motifs (C(OH)–C–C–N with tert-alkyl or cyclic N) is 2. The second kappa shape index (κ2) is 8.72. The second-order valence-corrected chi connectivity index (χ2v) is 6.60. The smallest absolute Gasteiger partial charge is 0.319 e. The predicted molar refractivity (Wildman–Crippen MR) is 86.0 cm³/mol. The van der Waals surface area contributed by atoms with Gasteiger partial charge in [-0.25, -0.2) is 0 Å². The normalized spacial score (nSPS) is 32.3. The molecule has 0 radical (unpaired) electrons. The molecule has 5 N–H and O–H groups in total. The minimum atomic E-state index is -0.729. The lowest BCUT2D eigenvalue weighted by Gasteiger charge is -2.37. The maximum Gasteiger partial charge on any atom is 0.319 e. The largest absolute Gasteiger partial charge is 0.468 e. The van der Waals surface area contributed by atoms with E-state index in [-0.39, 0.29) is 37.0 Å². The van der Waals surface area contributed by atoms with Gasteiger partial charge in [0.2, 0.25) is 5.91 Å². The van der Waals surface area contributed by atoms with E-state index >= 15 is 0 Å². The van der Waals surface area contributed by atoms with Gasteiger partial charge >= 0.3 is 5.97 Å². The van der Waals surface area contributed by atoms with Crippen LogP contribution >= 0.6 is 0 Å². The van der Waals surface area contributed by atoms with E-state index in [0.717, 1.165) is 0 Å². The van der Waals surface area contributed by atoms with Gasteiger partial charge in [-0.15, -0.1) is 0 Å². The molecule has 0 saturated carbocycles. The number of likely N-dealkylation sites (tertiary alicyclic amines) is 2. The number of hydrogen-bond acceptors (Lipinski definition) is 8. The molecule has 2 aliphatic heterocycles. The molecule has 0 aromatic heterocycles. The van der Waals surface area contributed by atoms with Crippen LogP contribution in [0, 0.1) is 0 Å². The van der Waals surface area contributed by atoms with Crippen LogP contribution in [0.5, 0.6) is 0 Å². The Morgan fingerprint density at radius 1 is 1.12 bits per heavy atom. The monoisotopic (exact) mass is 344 g/mol. The van der Waals surface area contributed by atoms with Crippen LogP contribution in [-0.4, -0.2) is 103 Å². The number of aliphatic hydroxyl groups excluding tert-OH is 2. The van der Waals surface area contributed by atoms with E-state index in [9.17, 15) is 19.8 Å². The molecule has 2 saturated heterocycles. The van der Waals surface area contributed by atoms with Gasteiger partial charge in [-0.2, -0.15) is 0 Å². The van der Waals surface area contributed by atoms with Gasteiger partial charge in [0.15, 0.2) is 0 Å². The number of hydrogen-bond donors (Lipinski definition) is 4. The topological polar surface area (TPSA) is 128 Å². The van der Waals surface area contributed by atoms with Crippen molar-refractivity contribution in [2.45, 2.75) is 37.1 Å². The number of nitrogens with zero attached hydrogens (tertiary/aromatic N) is 2. The molecule has 2 rings (SSSR count). The zero-order chi connectivity index (χ0) is 17.7. The lowest BCUT2D eigenvalue weighted by Crippen LogP contribution is -2.57. The molecule has 4 atom stereocenters. The summed E-state index contributed by atoms with van der Waals surface area (Å²) < 4.78 is 4.61. The van der Waals surface area contributed by atoms with Gasteiger partial charge in [0, 0.05) is 32.2 Å². The first kappa shape index (κ1) is 19.1. The molecule has 0 spiro atoms. The maximum absolute atomic E-state index is 12.2. The van der Waals surface area contributed by atoms with Gasteiger partial charge in [-0.1, -0.05) is 0 Å². The molecule has 2 fully saturated rings. The average Bonchev–Trinajstić information content (AvgIpc) is 2.53. The van der Waals surface area contributed by atoms with Gasteiger partial charge < -0.3 is 26.0 Å².